The molecular formula is C21H16ClN5O7S. The number of rotatable bonds is 7. The SMILES string of the molecule is Cc1noc(NS(=O)(=O)c2ccc(NC3=C(Cl)C(=O)N(c4cccc([N+](=O)[O-])c4)C3=O)cc2)c1C. The Labute approximate surface area is 203 Å². The summed E-state index contributed by atoms with van der Waals surface area (Å²) in [5.74, 6) is -1.69. The average Bonchev–Trinajstić information content (AvgIpc) is 3.24. The van der Waals surface area contributed by atoms with E-state index in [0.29, 0.717) is 16.2 Å². The molecule has 0 saturated carbocycles. The number of nitrogens with zero attached hydrogens (tertiary/aromatic N) is 3. The van der Waals surface area contributed by atoms with Gasteiger partial charge in [-0.25, -0.2) is 18.0 Å². The van der Waals surface area contributed by atoms with Gasteiger partial charge in [0.25, 0.3) is 27.5 Å². The van der Waals surface area contributed by atoms with Gasteiger partial charge in [0.05, 0.1) is 21.2 Å². The molecule has 0 saturated heterocycles. The lowest BCUT2D eigenvalue weighted by atomic mass is 10.2. The number of carbonyl (C=O) groups is 2. The molecule has 2 aromatic carbocycles. The van der Waals surface area contributed by atoms with Crippen molar-refractivity contribution in [1.29, 1.82) is 0 Å². The monoisotopic (exact) mass is 517 g/mol. The summed E-state index contributed by atoms with van der Waals surface area (Å²) in [7, 11) is -3.99. The van der Waals surface area contributed by atoms with Gasteiger partial charge in [0.2, 0.25) is 5.88 Å². The van der Waals surface area contributed by atoms with E-state index in [1.165, 1.54) is 42.5 Å². The van der Waals surface area contributed by atoms with Crippen LogP contribution in [0.15, 0.2) is 68.7 Å². The molecule has 3 aromatic rings. The van der Waals surface area contributed by atoms with E-state index in [0.717, 1.165) is 6.07 Å². The Morgan fingerprint density at radius 3 is 2.37 bits per heavy atom. The second-order valence-electron chi connectivity index (χ2n) is 7.39. The van der Waals surface area contributed by atoms with Gasteiger partial charge in [-0.2, -0.15) is 0 Å². The number of nitrogens with one attached hydrogen (secondary N) is 2. The van der Waals surface area contributed by atoms with Crippen LogP contribution in [0, 0.1) is 24.0 Å². The zero-order chi connectivity index (χ0) is 25.5. The highest BCUT2D eigenvalue weighted by atomic mass is 35.5. The van der Waals surface area contributed by atoms with Crippen molar-refractivity contribution < 1.29 is 27.5 Å². The number of nitro groups is 1. The smallest absolute Gasteiger partial charge is 0.283 e. The number of hydrogen-bond donors (Lipinski definition) is 2. The maximum absolute atomic E-state index is 12.9. The third kappa shape index (κ3) is 4.46. The van der Waals surface area contributed by atoms with Crippen LogP contribution in [0.2, 0.25) is 0 Å². The Morgan fingerprint density at radius 2 is 1.77 bits per heavy atom. The number of imide groups is 1. The van der Waals surface area contributed by atoms with Crippen molar-refractivity contribution in [2.24, 2.45) is 0 Å². The molecule has 14 heteroatoms. The number of amides is 2. The second-order valence-corrected chi connectivity index (χ2v) is 9.45. The van der Waals surface area contributed by atoms with Crippen molar-refractivity contribution in [2.45, 2.75) is 18.7 Å². The van der Waals surface area contributed by atoms with Crippen LogP contribution in [-0.2, 0) is 19.6 Å². The highest BCUT2D eigenvalue weighted by Crippen LogP contribution is 2.32. The summed E-state index contributed by atoms with van der Waals surface area (Å²) in [5, 5.41) is 17.0. The fourth-order valence-corrected chi connectivity index (χ4v) is 4.40. The molecule has 2 heterocycles. The molecule has 0 unspecified atom stereocenters. The highest BCUT2D eigenvalue weighted by molar-refractivity contribution is 7.92. The normalized spacial score (nSPS) is 14.0. The summed E-state index contributed by atoms with van der Waals surface area (Å²) in [6.45, 7) is 3.33. The molecule has 0 aliphatic carbocycles. The van der Waals surface area contributed by atoms with Gasteiger partial charge in [-0.1, -0.05) is 22.8 Å². The van der Waals surface area contributed by atoms with E-state index in [1.54, 1.807) is 13.8 Å². The summed E-state index contributed by atoms with van der Waals surface area (Å²) in [6, 6.07) is 10.3. The van der Waals surface area contributed by atoms with Gasteiger partial charge < -0.3 is 9.84 Å². The summed E-state index contributed by atoms with van der Waals surface area (Å²) in [6.07, 6.45) is 0. The molecule has 35 heavy (non-hydrogen) atoms. The predicted octanol–water partition coefficient (Wildman–Crippen LogP) is 3.44. The fraction of sp³-hybridized carbons (Fsp3) is 0.0952. The average molecular weight is 518 g/mol. The quantitative estimate of drug-likeness (QED) is 0.271. The predicted molar refractivity (Wildman–Crippen MR) is 125 cm³/mol. The highest BCUT2D eigenvalue weighted by Gasteiger charge is 2.39. The van der Waals surface area contributed by atoms with Crippen LogP contribution in [0.25, 0.3) is 0 Å². The van der Waals surface area contributed by atoms with Crippen molar-refractivity contribution in [1.82, 2.24) is 5.16 Å². The number of sulfonamides is 1. The lowest BCUT2D eigenvalue weighted by Crippen LogP contribution is -2.32. The van der Waals surface area contributed by atoms with Crippen molar-refractivity contribution >= 4 is 56.4 Å². The summed E-state index contributed by atoms with van der Waals surface area (Å²) < 4.78 is 32.6. The van der Waals surface area contributed by atoms with Gasteiger partial charge in [0.1, 0.15) is 10.7 Å². The molecule has 0 bridgehead atoms. The molecule has 0 spiro atoms. The minimum Gasteiger partial charge on any atom is -0.350 e. The van der Waals surface area contributed by atoms with E-state index >= 15 is 0 Å². The Kier molecular flexibility index (Phi) is 6.05. The first-order valence-electron chi connectivity index (χ1n) is 9.85. The number of benzene rings is 2. The zero-order valence-corrected chi connectivity index (χ0v) is 19.7. The van der Waals surface area contributed by atoms with Crippen molar-refractivity contribution in [3.63, 3.8) is 0 Å². The molecule has 4 rings (SSSR count). The first-order chi connectivity index (χ1) is 16.5. The molecule has 12 nitrogen and oxygen atoms in total. The first kappa shape index (κ1) is 23.9. The number of anilines is 3. The molecule has 2 amide bonds. The first-order valence-corrected chi connectivity index (χ1v) is 11.7. The zero-order valence-electron chi connectivity index (χ0n) is 18.1. The lowest BCUT2D eigenvalue weighted by molar-refractivity contribution is -0.384. The standard InChI is InChI=1S/C21H16ClN5O7S/c1-11-12(2)24-34-19(11)25-35(32,33)16-8-6-13(7-9-16)23-18-17(22)20(28)26(21(18)29)14-4-3-5-15(10-14)27(30)31/h3-10,23,25H,1-2H3. The number of nitro benzene ring substituents is 1. The van der Waals surface area contributed by atoms with E-state index in [1.807, 2.05) is 0 Å². The van der Waals surface area contributed by atoms with E-state index < -0.39 is 31.8 Å². The van der Waals surface area contributed by atoms with Gasteiger partial charge in [-0.15, -0.1) is 0 Å². The van der Waals surface area contributed by atoms with Gasteiger partial charge in [0.15, 0.2) is 0 Å². The van der Waals surface area contributed by atoms with E-state index in [-0.39, 0.29) is 33.5 Å². The molecule has 1 aliphatic heterocycles. The number of aromatic nitrogens is 1. The summed E-state index contributed by atoms with van der Waals surface area (Å²) in [4.78, 5) is 36.5. The van der Waals surface area contributed by atoms with Crippen LogP contribution in [0.4, 0.5) is 22.9 Å². The van der Waals surface area contributed by atoms with Crippen molar-refractivity contribution in [3.8, 4) is 0 Å². The number of non-ortho nitro benzene ring substituents is 1. The van der Waals surface area contributed by atoms with Crippen LogP contribution in [0.3, 0.4) is 0 Å². The minimum absolute atomic E-state index is 0.00190. The van der Waals surface area contributed by atoms with Crippen LogP contribution < -0.4 is 14.9 Å². The van der Waals surface area contributed by atoms with Gasteiger partial charge in [-0.3, -0.25) is 19.7 Å². The molecule has 0 fully saturated rings. The Balaban J connectivity index is 1.54. The van der Waals surface area contributed by atoms with E-state index in [2.05, 4.69) is 15.2 Å². The fourth-order valence-electron chi connectivity index (χ4n) is 3.14. The van der Waals surface area contributed by atoms with Gasteiger partial charge >= 0.3 is 0 Å². The van der Waals surface area contributed by atoms with E-state index in [4.69, 9.17) is 16.1 Å². The summed E-state index contributed by atoms with van der Waals surface area (Å²) in [5.41, 5.74) is 0.778. The van der Waals surface area contributed by atoms with E-state index in [9.17, 15) is 28.1 Å². The van der Waals surface area contributed by atoms with Gasteiger partial charge in [-0.05, 0) is 44.2 Å². The Hall–Kier alpha value is -4.23. The molecule has 0 radical (unpaired) electrons. The maximum atomic E-state index is 12.9. The number of halogens is 1. The number of aryl methyl sites for hydroxylation is 1. The minimum atomic E-state index is -3.99. The molecule has 1 aromatic heterocycles. The third-order valence-electron chi connectivity index (χ3n) is 5.14. The van der Waals surface area contributed by atoms with Crippen LogP contribution in [0.1, 0.15) is 11.3 Å². The lowest BCUT2D eigenvalue weighted by Gasteiger charge is -2.15. The Bertz CT molecular complexity index is 1510. The summed E-state index contributed by atoms with van der Waals surface area (Å²) >= 11 is 6.08. The molecular weight excluding hydrogens is 502 g/mol. The second kappa shape index (κ2) is 8.85. The number of carbonyl (C=O) groups excluding carboxylic acids is 2. The molecule has 2 N–H and O–H groups in total. The van der Waals surface area contributed by atoms with Crippen molar-refractivity contribution in [3.05, 3.63) is 80.6 Å². The van der Waals surface area contributed by atoms with Crippen LogP contribution >= 0.6 is 11.6 Å². The Morgan fingerprint density at radius 1 is 1.09 bits per heavy atom. The largest absolute Gasteiger partial charge is 0.350 e. The molecule has 180 valence electrons. The number of hydrogen-bond acceptors (Lipinski definition) is 9. The van der Waals surface area contributed by atoms with Crippen LogP contribution in [0.5, 0.6) is 0 Å². The topological polar surface area (TPSA) is 165 Å². The van der Waals surface area contributed by atoms with Crippen molar-refractivity contribution in [2.75, 3.05) is 14.9 Å². The van der Waals surface area contributed by atoms with Gasteiger partial charge in [0, 0.05) is 23.4 Å². The molecule has 0 atom stereocenters. The molecule has 1 aliphatic rings. The maximum Gasteiger partial charge on any atom is 0.283 e. The third-order valence-corrected chi connectivity index (χ3v) is 6.84. The van der Waals surface area contributed by atoms with Crippen LogP contribution in [-0.4, -0.2) is 30.3 Å².